The lowest BCUT2D eigenvalue weighted by Crippen LogP contribution is -2.62. The first kappa shape index (κ1) is 16.4. The zero-order valence-electron chi connectivity index (χ0n) is 14.3. The van der Waals surface area contributed by atoms with Crippen LogP contribution in [0, 0.1) is 0 Å². The fourth-order valence-electron chi connectivity index (χ4n) is 3.87. The van der Waals surface area contributed by atoms with Crippen molar-refractivity contribution in [1.82, 2.24) is 9.80 Å². The molecule has 6 nitrogen and oxygen atoms in total. The summed E-state index contributed by atoms with van der Waals surface area (Å²) >= 11 is 1.03. The molecular formula is C20H16N2O4S. The monoisotopic (exact) mass is 380 g/mol. The molecule has 2 saturated heterocycles. The second-order valence-electron chi connectivity index (χ2n) is 6.83. The van der Waals surface area contributed by atoms with Crippen molar-refractivity contribution in [1.29, 1.82) is 0 Å². The number of thioether (sulfide) groups is 1. The number of imide groups is 1. The van der Waals surface area contributed by atoms with Crippen LogP contribution in [0.15, 0.2) is 48.5 Å². The van der Waals surface area contributed by atoms with Gasteiger partial charge in [-0.05, 0) is 12.1 Å². The van der Waals surface area contributed by atoms with Crippen molar-refractivity contribution in [2.24, 2.45) is 0 Å². The number of hydrogen-bond acceptors (Lipinski definition) is 5. The van der Waals surface area contributed by atoms with Gasteiger partial charge in [-0.2, -0.15) is 0 Å². The molecule has 7 heteroatoms. The number of ether oxygens (including phenoxy) is 1. The maximum atomic E-state index is 13.3. The molecule has 3 heterocycles. The van der Waals surface area contributed by atoms with Crippen molar-refractivity contribution in [3.63, 3.8) is 0 Å². The maximum Gasteiger partial charge on any atom is 0.289 e. The second-order valence-corrected chi connectivity index (χ2v) is 7.75. The largest absolute Gasteiger partial charge is 0.457 e. The van der Waals surface area contributed by atoms with Crippen LogP contribution < -0.4 is 4.74 Å². The zero-order chi connectivity index (χ0) is 18.5. The standard InChI is InChI=1S/C20H16N2O4S/c23-17-11-27-20(25)22(17)12-9-21(10-12)19(24)18-13-5-1-3-7-15(13)26-16-8-4-2-6-14(16)18/h1-8,12,18H,9-11H2. The molecule has 5 rings (SSSR count). The molecule has 0 spiro atoms. The zero-order valence-corrected chi connectivity index (χ0v) is 15.1. The van der Waals surface area contributed by atoms with E-state index in [4.69, 9.17) is 4.74 Å². The minimum Gasteiger partial charge on any atom is -0.457 e. The highest BCUT2D eigenvalue weighted by atomic mass is 32.2. The molecule has 3 aliphatic heterocycles. The van der Waals surface area contributed by atoms with Gasteiger partial charge in [0.1, 0.15) is 11.5 Å². The molecule has 0 saturated carbocycles. The predicted molar refractivity (Wildman–Crippen MR) is 99.9 cm³/mol. The van der Waals surface area contributed by atoms with Gasteiger partial charge in [0.15, 0.2) is 0 Å². The van der Waals surface area contributed by atoms with E-state index >= 15 is 0 Å². The Labute approximate surface area is 160 Å². The number of fused-ring (bicyclic) bond motifs is 2. The summed E-state index contributed by atoms with van der Waals surface area (Å²) in [7, 11) is 0. The summed E-state index contributed by atoms with van der Waals surface area (Å²) in [5.74, 6) is 0.946. The number of likely N-dealkylation sites (tertiary alicyclic amines) is 1. The lowest BCUT2D eigenvalue weighted by atomic mass is 9.86. The van der Waals surface area contributed by atoms with Gasteiger partial charge in [-0.3, -0.25) is 19.3 Å². The van der Waals surface area contributed by atoms with E-state index in [2.05, 4.69) is 0 Å². The van der Waals surface area contributed by atoms with Gasteiger partial charge < -0.3 is 9.64 Å². The van der Waals surface area contributed by atoms with Crippen molar-refractivity contribution in [3.8, 4) is 11.5 Å². The lowest BCUT2D eigenvalue weighted by Gasteiger charge is -2.44. The van der Waals surface area contributed by atoms with Crippen LogP contribution in [0.4, 0.5) is 4.79 Å². The van der Waals surface area contributed by atoms with Gasteiger partial charge in [-0.25, -0.2) is 0 Å². The Morgan fingerprint density at radius 1 is 0.963 bits per heavy atom. The van der Waals surface area contributed by atoms with Crippen LogP contribution in [0.25, 0.3) is 0 Å². The van der Waals surface area contributed by atoms with Crippen LogP contribution in [0.1, 0.15) is 17.0 Å². The molecule has 3 aliphatic rings. The van der Waals surface area contributed by atoms with Gasteiger partial charge in [-0.1, -0.05) is 48.2 Å². The van der Waals surface area contributed by atoms with E-state index in [-0.39, 0.29) is 28.8 Å². The van der Waals surface area contributed by atoms with Crippen molar-refractivity contribution >= 4 is 28.8 Å². The molecule has 2 aromatic carbocycles. The van der Waals surface area contributed by atoms with Crippen LogP contribution in [0.3, 0.4) is 0 Å². The average molecular weight is 380 g/mol. The molecule has 0 bridgehead atoms. The number of carbonyl (C=O) groups is 3. The summed E-state index contributed by atoms with van der Waals surface area (Å²) in [4.78, 5) is 40.1. The topological polar surface area (TPSA) is 66.9 Å². The van der Waals surface area contributed by atoms with Crippen molar-refractivity contribution in [2.45, 2.75) is 12.0 Å². The van der Waals surface area contributed by atoms with Gasteiger partial charge in [0.25, 0.3) is 5.24 Å². The Balaban J connectivity index is 1.42. The van der Waals surface area contributed by atoms with Gasteiger partial charge in [0.05, 0.1) is 17.7 Å². The van der Waals surface area contributed by atoms with Crippen LogP contribution in [0.2, 0.25) is 0 Å². The number of rotatable bonds is 2. The highest BCUT2D eigenvalue weighted by molar-refractivity contribution is 8.14. The molecule has 3 amide bonds. The Morgan fingerprint density at radius 3 is 2.11 bits per heavy atom. The van der Waals surface area contributed by atoms with Gasteiger partial charge in [-0.15, -0.1) is 0 Å². The normalized spacial score (nSPS) is 19.4. The Bertz CT molecular complexity index is 908. The molecule has 136 valence electrons. The quantitative estimate of drug-likeness (QED) is 0.802. The molecule has 0 N–H and O–H groups in total. The summed E-state index contributed by atoms with van der Waals surface area (Å²) in [6.45, 7) is 0.775. The van der Waals surface area contributed by atoms with Gasteiger partial charge in [0, 0.05) is 24.2 Å². The molecule has 0 unspecified atom stereocenters. The highest BCUT2D eigenvalue weighted by Crippen LogP contribution is 2.45. The number of carbonyl (C=O) groups excluding carboxylic acids is 3. The predicted octanol–water partition coefficient (Wildman–Crippen LogP) is 2.83. The van der Waals surface area contributed by atoms with E-state index in [1.54, 1.807) is 4.90 Å². The molecule has 0 aliphatic carbocycles. The fourth-order valence-corrected chi connectivity index (χ4v) is 4.65. The molecule has 0 atom stereocenters. The Hall–Kier alpha value is -2.80. The maximum absolute atomic E-state index is 13.3. The first-order valence-electron chi connectivity index (χ1n) is 8.77. The number of para-hydroxylation sites is 2. The number of benzene rings is 2. The first-order chi connectivity index (χ1) is 13.1. The van der Waals surface area contributed by atoms with E-state index in [9.17, 15) is 14.4 Å². The minimum absolute atomic E-state index is 0.0267. The molecular weight excluding hydrogens is 364 g/mol. The minimum atomic E-state index is -0.438. The molecule has 2 fully saturated rings. The third-order valence-corrected chi connectivity index (χ3v) is 6.09. The van der Waals surface area contributed by atoms with Crippen LogP contribution >= 0.6 is 11.8 Å². The molecule has 0 radical (unpaired) electrons. The number of hydrogen-bond donors (Lipinski definition) is 0. The molecule has 27 heavy (non-hydrogen) atoms. The fraction of sp³-hybridized carbons (Fsp3) is 0.250. The van der Waals surface area contributed by atoms with E-state index in [0.29, 0.717) is 24.6 Å². The molecule has 0 aromatic heterocycles. The van der Waals surface area contributed by atoms with Crippen LogP contribution in [0.5, 0.6) is 11.5 Å². The van der Waals surface area contributed by atoms with Gasteiger partial charge in [0.2, 0.25) is 11.8 Å². The summed E-state index contributed by atoms with van der Waals surface area (Å²) in [5, 5.41) is -0.209. The third-order valence-electron chi connectivity index (χ3n) is 5.25. The summed E-state index contributed by atoms with van der Waals surface area (Å²) in [6.07, 6.45) is 0. The lowest BCUT2D eigenvalue weighted by molar-refractivity contribution is -0.142. The van der Waals surface area contributed by atoms with Crippen molar-refractivity contribution in [2.75, 3.05) is 18.8 Å². The number of amides is 3. The summed E-state index contributed by atoms with van der Waals surface area (Å²) < 4.78 is 5.95. The second kappa shape index (κ2) is 6.13. The average Bonchev–Trinajstić information content (AvgIpc) is 2.97. The van der Waals surface area contributed by atoms with Gasteiger partial charge >= 0.3 is 0 Å². The summed E-state index contributed by atoms with van der Waals surface area (Å²) in [5.41, 5.74) is 1.68. The van der Waals surface area contributed by atoms with Crippen molar-refractivity contribution < 1.29 is 19.1 Å². The highest BCUT2D eigenvalue weighted by Gasteiger charge is 2.46. The third kappa shape index (κ3) is 2.53. The van der Waals surface area contributed by atoms with Crippen LogP contribution in [-0.4, -0.2) is 51.7 Å². The van der Waals surface area contributed by atoms with E-state index in [1.807, 2.05) is 48.5 Å². The number of nitrogens with zero attached hydrogens (tertiary/aromatic N) is 2. The molecule has 2 aromatic rings. The Kier molecular flexibility index (Phi) is 3.72. The van der Waals surface area contributed by atoms with Crippen molar-refractivity contribution in [3.05, 3.63) is 59.7 Å². The SMILES string of the molecule is O=C(C1c2ccccc2Oc2ccccc21)N1CC(N2C(=O)CSC2=O)C1. The summed E-state index contributed by atoms with van der Waals surface area (Å²) in [6, 6.07) is 14.9. The Morgan fingerprint density at radius 2 is 1.56 bits per heavy atom. The first-order valence-corrected chi connectivity index (χ1v) is 9.75. The van der Waals surface area contributed by atoms with E-state index < -0.39 is 5.92 Å². The van der Waals surface area contributed by atoms with Crippen LogP contribution in [-0.2, 0) is 9.59 Å². The van der Waals surface area contributed by atoms with E-state index in [1.165, 1.54) is 4.90 Å². The van der Waals surface area contributed by atoms with E-state index in [0.717, 1.165) is 22.9 Å². The smallest absolute Gasteiger partial charge is 0.289 e.